The minimum Gasteiger partial charge on any atom is -0.463 e. The van der Waals surface area contributed by atoms with Gasteiger partial charge in [-0.3, -0.25) is 0 Å². The van der Waals surface area contributed by atoms with Gasteiger partial charge in [-0.2, -0.15) is 0 Å². The van der Waals surface area contributed by atoms with Crippen LogP contribution in [0.1, 0.15) is 38.5 Å². The molecule has 0 aromatic rings. The molecule has 0 bridgehead atoms. The number of ether oxygens (including phenoxy) is 1. The molecule has 0 aliphatic heterocycles. The lowest BCUT2D eigenvalue weighted by Crippen LogP contribution is -2.13. The number of fused-ring (bicyclic) bond motifs is 1. The van der Waals surface area contributed by atoms with Crippen LogP contribution in [0.4, 0.5) is 0 Å². The van der Waals surface area contributed by atoms with Crippen molar-refractivity contribution in [3.05, 3.63) is 12.7 Å². The molecular weight excluding hydrogens is 176 g/mol. The van der Waals surface area contributed by atoms with Crippen LogP contribution in [0.25, 0.3) is 0 Å². The molecule has 0 saturated heterocycles. The van der Waals surface area contributed by atoms with E-state index in [4.69, 9.17) is 4.74 Å². The third kappa shape index (κ3) is 1.84. The van der Waals surface area contributed by atoms with Gasteiger partial charge in [-0.05, 0) is 37.0 Å². The predicted octanol–water partition coefficient (Wildman–Crippen LogP) is 2.69. The van der Waals surface area contributed by atoms with Gasteiger partial charge in [0.05, 0.1) is 6.61 Å². The van der Waals surface area contributed by atoms with Crippen LogP contribution in [0.15, 0.2) is 12.7 Å². The van der Waals surface area contributed by atoms with Gasteiger partial charge in [0.25, 0.3) is 0 Å². The summed E-state index contributed by atoms with van der Waals surface area (Å²) in [6, 6.07) is 0. The highest BCUT2D eigenvalue weighted by molar-refractivity contribution is 5.81. The van der Waals surface area contributed by atoms with Crippen molar-refractivity contribution < 1.29 is 9.53 Å². The second-order valence-corrected chi connectivity index (χ2v) is 4.63. The minimum atomic E-state index is -0.283. The zero-order chi connectivity index (χ0) is 10.0. The first kappa shape index (κ1) is 9.75. The Bertz CT molecular complexity index is 247. The highest BCUT2D eigenvalue weighted by Crippen LogP contribution is 2.63. The van der Waals surface area contributed by atoms with Crippen LogP contribution >= 0.6 is 0 Å². The molecule has 0 N–H and O–H groups in total. The van der Waals surface area contributed by atoms with E-state index < -0.39 is 0 Å². The Hall–Kier alpha value is -0.790. The van der Waals surface area contributed by atoms with Gasteiger partial charge in [0.15, 0.2) is 0 Å². The number of carbonyl (C=O) groups excluding carboxylic acids is 1. The Labute approximate surface area is 85.3 Å². The van der Waals surface area contributed by atoms with Crippen molar-refractivity contribution >= 4 is 5.97 Å². The monoisotopic (exact) mass is 194 g/mol. The maximum Gasteiger partial charge on any atom is 0.330 e. The van der Waals surface area contributed by atoms with Gasteiger partial charge in [0.1, 0.15) is 0 Å². The molecule has 2 heteroatoms. The molecule has 2 unspecified atom stereocenters. The summed E-state index contributed by atoms with van der Waals surface area (Å²) < 4.78 is 5.03. The summed E-state index contributed by atoms with van der Waals surface area (Å²) in [5, 5.41) is 0. The maximum absolute atomic E-state index is 10.8. The van der Waals surface area contributed by atoms with Gasteiger partial charge in [-0.1, -0.05) is 19.4 Å². The van der Waals surface area contributed by atoms with Crippen molar-refractivity contribution in [3.63, 3.8) is 0 Å². The summed E-state index contributed by atoms with van der Waals surface area (Å²) in [7, 11) is 0. The van der Waals surface area contributed by atoms with Crippen LogP contribution < -0.4 is 0 Å². The largest absolute Gasteiger partial charge is 0.463 e. The van der Waals surface area contributed by atoms with Crippen LogP contribution in [0, 0.1) is 11.3 Å². The van der Waals surface area contributed by atoms with Crippen molar-refractivity contribution in [1.29, 1.82) is 0 Å². The van der Waals surface area contributed by atoms with E-state index in [0.29, 0.717) is 12.0 Å². The van der Waals surface area contributed by atoms with Crippen LogP contribution in [-0.4, -0.2) is 12.6 Å². The molecule has 2 aliphatic rings. The lowest BCUT2D eigenvalue weighted by atomic mass is 9.86. The van der Waals surface area contributed by atoms with Gasteiger partial charge in [0.2, 0.25) is 0 Å². The number of hydrogen-bond acceptors (Lipinski definition) is 2. The van der Waals surface area contributed by atoms with E-state index in [1.54, 1.807) is 0 Å². The fourth-order valence-corrected chi connectivity index (χ4v) is 2.86. The van der Waals surface area contributed by atoms with Crippen molar-refractivity contribution in [1.82, 2.24) is 0 Å². The molecule has 2 saturated carbocycles. The molecule has 0 aromatic heterocycles. The van der Waals surface area contributed by atoms with Crippen molar-refractivity contribution in [2.75, 3.05) is 6.61 Å². The first-order valence-electron chi connectivity index (χ1n) is 5.56. The second-order valence-electron chi connectivity index (χ2n) is 4.63. The molecule has 0 amide bonds. The minimum absolute atomic E-state index is 0.283. The van der Waals surface area contributed by atoms with Gasteiger partial charge in [-0.15, -0.1) is 0 Å². The molecule has 2 aliphatic carbocycles. The summed E-state index contributed by atoms with van der Waals surface area (Å²) in [6.07, 6.45) is 9.20. The van der Waals surface area contributed by atoms with E-state index in [0.717, 1.165) is 12.3 Å². The molecule has 0 spiro atoms. The quantitative estimate of drug-likeness (QED) is 0.508. The molecule has 2 fully saturated rings. The highest BCUT2D eigenvalue weighted by atomic mass is 16.5. The molecule has 0 aromatic carbocycles. The van der Waals surface area contributed by atoms with Crippen molar-refractivity contribution in [2.45, 2.75) is 38.5 Å². The van der Waals surface area contributed by atoms with Crippen molar-refractivity contribution in [2.24, 2.45) is 11.3 Å². The predicted molar refractivity (Wildman–Crippen MR) is 54.8 cm³/mol. The summed E-state index contributed by atoms with van der Waals surface area (Å²) in [5.41, 5.74) is 0.569. The Kier molecular flexibility index (Phi) is 2.62. The number of esters is 1. The zero-order valence-corrected chi connectivity index (χ0v) is 8.63. The molecule has 2 atom stereocenters. The number of rotatable bonds is 4. The molecule has 0 radical (unpaired) electrons. The molecule has 14 heavy (non-hydrogen) atoms. The highest BCUT2D eigenvalue weighted by Gasteiger charge is 2.53. The zero-order valence-electron chi connectivity index (χ0n) is 8.63. The molecular formula is C12H18O2. The Morgan fingerprint density at radius 2 is 2.43 bits per heavy atom. The normalized spacial score (nSPS) is 34.4. The SMILES string of the molecule is C=CC(=O)OCCC12CCCCC1C2. The van der Waals surface area contributed by atoms with Gasteiger partial charge in [-0.25, -0.2) is 4.79 Å². The van der Waals surface area contributed by atoms with Gasteiger partial charge < -0.3 is 4.74 Å². The van der Waals surface area contributed by atoms with E-state index in [1.807, 2.05) is 0 Å². The molecule has 78 valence electrons. The van der Waals surface area contributed by atoms with Crippen LogP contribution in [0.2, 0.25) is 0 Å². The summed E-state index contributed by atoms with van der Waals surface area (Å²) in [5.74, 6) is 0.660. The lowest BCUT2D eigenvalue weighted by molar-refractivity contribution is -0.138. The second kappa shape index (κ2) is 3.76. The molecule has 2 rings (SSSR count). The van der Waals surface area contributed by atoms with Crippen LogP contribution in [0.5, 0.6) is 0 Å². The number of carbonyl (C=O) groups is 1. The Morgan fingerprint density at radius 3 is 3.14 bits per heavy atom. The smallest absolute Gasteiger partial charge is 0.330 e. The average Bonchev–Trinajstić information content (AvgIpc) is 2.92. The lowest BCUT2D eigenvalue weighted by Gasteiger charge is -2.21. The third-order valence-electron chi connectivity index (χ3n) is 3.85. The third-order valence-corrected chi connectivity index (χ3v) is 3.85. The Balaban J connectivity index is 1.71. The maximum atomic E-state index is 10.8. The Morgan fingerprint density at radius 1 is 1.57 bits per heavy atom. The fourth-order valence-electron chi connectivity index (χ4n) is 2.86. The summed E-state index contributed by atoms with van der Waals surface area (Å²) in [6.45, 7) is 3.96. The molecule has 2 nitrogen and oxygen atoms in total. The van der Waals surface area contributed by atoms with E-state index in [2.05, 4.69) is 6.58 Å². The van der Waals surface area contributed by atoms with E-state index in [-0.39, 0.29) is 5.97 Å². The summed E-state index contributed by atoms with van der Waals surface area (Å²) >= 11 is 0. The average molecular weight is 194 g/mol. The molecule has 0 heterocycles. The summed E-state index contributed by atoms with van der Waals surface area (Å²) in [4.78, 5) is 10.8. The first-order chi connectivity index (χ1) is 6.77. The first-order valence-corrected chi connectivity index (χ1v) is 5.56. The van der Waals surface area contributed by atoms with Crippen molar-refractivity contribution in [3.8, 4) is 0 Å². The van der Waals surface area contributed by atoms with Crippen LogP contribution in [0.3, 0.4) is 0 Å². The van der Waals surface area contributed by atoms with Gasteiger partial charge >= 0.3 is 5.97 Å². The fraction of sp³-hybridized carbons (Fsp3) is 0.750. The van der Waals surface area contributed by atoms with Crippen LogP contribution in [-0.2, 0) is 9.53 Å². The van der Waals surface area contributed by atoms with E-state index in [9.17, 15) is 4.79 Å². The van der Waals surface area contributed by atoms with E-state index in [1.165, 1.54) is 38.2 Å². The number of hydrogen-bond donors (Lipinski definition) is 0. The van der Waals surface area contributed by atoms with E-state index >= 15 is 0 Å². The standard InChI is InChI=1S/C12H18O2/c1-2-11(13)14-8-7-12-6-4-3-5-10(12)9-12/h2,10H,1,3-9H2. The topological polar surface area (TPSA) is 26.3 Å². The van der Waals surface area contributed by atoms with Gasteiger partial charge in [0, 0.05) is 6.08 Å².